The van der Waals surface area contributed by atoms with Crippen LogP contribution in [-0.4, -0.2) is 54.4 Å². The van der Waals surface area contributed by atoms with Crippen LogP contribution in [0.3, 0.4) is 0 Å². The van der Waals surface area contributed by atoms with E-state index in [2.05, 4.69) is 0 Å². The molecule has 1 aliphatic rings. The highest BCUT2D eigenvalue weighted by Gasteiger charge is 2.52. The molecule has 0 bridgehead atoms. The molecule has 0 aromatic carbocycles. The third kappa shape index (κ3) is 1.58. The van der Waals surface area contributed by atoms with Crippen molar-refractivity contribution in [1.82, 2.24) is 0 Å². The first-order valence-corrected chi connectivity index (χ1v) is 4.31. The molecule has 0 aromatic rings. The molecule has 5 heteroatoms. The van der Waals surface area contributed by atoms with Gasteiger partial charge in [0.1, 0.15) is 17.8 Å². The van der Waals surface area contributed by atoms with Gasteiger partial charge in [-0.05, 0) is 6.92 Å². The molecule has 0 aromatic heterocycles. The normalized spacial score (nSPS) is 45.5. The molecule has 1 saturated heterocycles. The van der Waals surface area contributed by atoms with Gasteiger partial charge in [0.25, 0.3) is 0 Å². The van der Waals surface area contributed by atoms with Crippen LogP contribution in [-0.2, 0) is 9.47 Å². The Morgan fingerprint density at radius 1 is 1.62 bits per heavy atom. The van der Waals surface area contributed by atoms with Crippen molar-refractivity contribution < 1.29 is 19.7 Å². The van der Waals surface area contributed by atoms with E-state index < -0.39 is 17.8 Å². The van der Waals surface area contributed by atoms with Crippen LogP contribution in [0.4, 0.5) is 0 Å². The smallest absolute Gasteiger partial charge is 0.132 e. The van der Waals surface area contributed by atoms with E-state index in [-0.39, 0.29) is 19.3 Å². The summed E-state index contributed by atoms with van der Waals surface area (Å²) >= 11 is 0. The fourth-order valence-electron chi connectivity index (χ4n) is 1.75. The number of nitrogens with two attached hydrogens (primary N) is 1. The molecule has 1 fully saturated rings. The van der Waals surface area contributed by atoms with Gasteiger partial charge in [0.05, 0.1) is 12.7 Å². The van der Waals surface area contributed by atoms with E-state index in [0.717, 1.165) is 0 Å². The minimum Gasteiger partial charge on any atom is -0.393 e. The molecular weight excluding hydrogens is 174 g/mol. The molecule has 1 unspecified atom stereocenters. The first kappa shape index (κ1) is 10.9. The van der Waals surface area contributed by atoms with Gasteiger partial charge in [-0.2, -0.15) is 0 Å². The fraction of sp³-hybridized carbons (Fsp3) is 1.00. The third-order valence-electron chi connectivity index (χ3n) is 2.62. The summed E-state index contributed by atoms with van der Waals surface area (Å²) in [6.45, 7) is 1.56. The van der Waals surface area contributed by atoms with Gasteiger partial charge in [-0.1, -0.05) is 0 Å². The van der Waals surface area contributed by atoms with E-state index in [1.807, 2.05) is 0 Å². The first-order chi connectivity index (χ1) is 6.11. The quantitative estimate of drug-likeness (QED) is 0.504. The summed E-state index contributed by atoms with van der Waals surface area (Å²) in [5.74, 6) is 0. The van der Waals surface area contributed by atoms with Gasteiger partial charge in [-0.25, -0.2) is 0 Å². The molecule has 78 valence electrons. The predicted octanol–water partition coefficient (Wildman–Crippen LogP) is -1.53. The number of rotatable bonds is 3. The highest BCUT2D eigenvalue weighted by Crippen LogP contribution is 2.31. The number of aliphatic hydroxyl groups is 2. The summed E-state index contributed by atoms with van der Waals surface area (Å²) in [6, 6.07) is 0. The van der Waals surface area contributed by atoms with Crippen molar-refractivity contribution >= 4 is 0 Å². The van der Waals surface area contributed by atoms with E-state index in [1.165, 1.54) is 7.11 Å². The largest absolute Gasteiger partial charge is 0.393 e. The average molecular weight is 191 g/mol. The van der Waals surface area contributed by atoms with Crippen molar-refractivity contribution in [2.45, 2.75) is 30.8 Å². The van der Waals surface area contributed by atoms with Crippen molar-refractivity contribution in [3.05, 3.63) is 0 Å². The Labute approximate surface area is 77.4 Å². The lowest BCUT2D eigenvalue weighted by atomic mass is 9.95. The minimum atomic E-state index is -1.06. The monoisotopic (exact) mass is 191 g/mol. The summed E-state index contributed by atoms with van der Waals surface area (Å²) in [5, 5.41) is 18.9. The standard InChI is InChI=1S/C8H17NO4/c1-5-6(12-2)7(11)8(3-9,4-10)13-5/h5-7,10-11H,3-4,9H2,1-2H3/t5-,6?,7+,8+/m0/s1. The number of ether oxygens (including phenoxy) is 2. The van der Waals surface area contributed by atoms with E-state index in [0.29, 0.717) is 0 Å². The lowest BCUT2D eigenvalue weighted by Crippen LogP contribution is -2.52. The van der Waals surface area contributed by atoms with Crippen molar-refractivity contribution in [1.29, 1.82) is 0 Å². The maximum atomic E-state index is 9.78. The Bertz CT molecular complexity index is 172. The highest BCUT2D eigenvalue weighted by molar-refractivity contribution is 5.02. The van der Waals surface area contributed by atoms with E-state index >= 15 is 0 Å². The molecule has 5 nitrogen and oxygen atoms in total. The van der Waals surface area contributed by atoms with Crippen molar-refractivity contribution in [3.8, 4) is 0 Å². The van der Waals surface area contributed by atoms with Crippen molar-refractivity contribution in [2.75, 3.05) is 20.3 Å². The van der Waals surface area contributed by atoms with Crippen molar-refractivity contribution in [2.24, 2.45) is 5.73 Å². The number of hydrogen-bond donors (Lipinski definition) is 3. The van der Waals surface area contributed by atoms with Crippen LogP contribution in [0.25, 0.3) is 0 Å². The summed E-state index contributed by atoms with van der Waals surface area (Å²) in [7, 11) is 1.50. The van der Waals surface area contributed by atoms with Crippen LogP contribution in [0.5, 0.6) is 0 Å². The maximum Gasteiger partial charge on any atom is 0.132 e. The summed E-state index contributed by atoms with van der Waals surface area (Å²) < 4.78 is 10.5. The SMILES string of the molecule is COC1[C@H](C)O[C@](CN)(CO)[C@@H]1O. The number of methoxy groups -OCH3 is 1. The molecular formula is C8H17NO4. The Morgan fingerprint density at radius 3 is 2.46 bits per heavy atom. The van der Waals surface area contributed by atoms with Crippen LogP contribution in [0, 0.1) is 0 Å². The Balaban J connectivity index is 2.80. The highest BCUT2D eigenvalue weighted by atomic mass is 16.6. The van der Waals surface area contributed by atoms with Crippen LogP contribution >= 0.6 is 0 Å². The van der Waals surface area contributed by atoms with Gasteiger partial charge in [-0.3, -0.25) is 0 Å². The van der Waals surface area contributed by atoms with E-state index in [1.54, 1.807) is 6.92 Å². The Kier molecular flexibility index (Phi) is 3.26. The third-order valence-corrected chi connectivity index (χ3v) is 2.62. The lowest BCUT2D eigenvalue weighted by Gasteiger charge is -2.28. The zero-order valence-electron chi connectivity index (χ0n) is 7.93. The minimum absolute atomic E-state index is 0.0782. The molecule has 0 saturated carbocycles. The second-order valence-electron chi connectivity index (χ2n) is 3.40. The average Bonchev–Trinajstić information content (AvgIpc) is 2.38. The van der Waals surface area contributed by atoms with Gasteiger partial charge in [0.15, 0.2) is 0 Å². The van der Waals surface area contributed by atoms with Crippen LogP contribution in [0.15, 0.2) is 0 Å². The van der Waals surface area contributed by atoms with Gasteiger partial charge in [0.2, 0.25) is 0 Å². The zero-order valence-corrected chi connectivity index (χ0v) is 7.93. The maximum absolute atomic E-state index is 9.78. The molecule has 13 heavy (non-hydrogen) atoms. The van der Waals surface area contributed by atoms with Crippen LogP contribution in [0.1, 0.15) is 6.92 Å². The van der Waals surface area contributed by atoms with Gasteiger partial charge in [0, 0.05) is 13.7 Å². The molecule has 4 N–H and O–H groups in total. The second-order valence-corrected chi connectivity index (χ2v) is 3.40. The zero-order chi connectivity index (χ0) is 10.1. The first-order valence-electron chi connectivity index (χ1n) is 4.31. The van der Waals surface area contributed by atoms with E-state index in [9.17, 15) is 5.11 Å². The van der Waals surface area contributed by atoms with Gasteiger partial charge < -0.3 is 25.4 Å². The summed E-state index contributed by atoms with van der Waals surface area (Å²) in [4.78, 5) is 0. The van der Waals surface area contributed by atoms with Gasteiger partial charge in [-0.15, -0.1) is 0 Å². The van der Waals surface area contributed by atoms with E-state index in [4.69, 9.17) is 20.3 Å². The predicted molar refractivity (Wildman–Crippen MR) is 46.2 cm³/mol. The molecule has 1 heterocycles. The van der Waals surface area contributed by atoms with Crippen LogP contribution < -0.4 is 5.73 Å². The molecule has 0 aliphatic carbocycles. The van der Waals surface area contributed by atoms with Gasteiger partial charge >= 0.3 is 0 Å². The van der Waals surface area contributed by atoms with Crippen LogP contribution in [0.2, 0.25) is 0 Å². The second kappa shape index (κ2) is 3.89. The Hall–Kier alpha value is -0.200. The molecule has 1 aliphatic heterocycles. The summed E-state index contributed by atoms with van der Waals surface area (Å²) in [6.07, 6.45) is -1.55. The number of aliphatic hydroxyl groups excluding tert-OH is 2. The number of hydrogen-bond acceptors (Lipinski definition) is 5. The molecule has 0 radical (unpaired) electrons. The summed E-state index contributed by atoms with van der Waals surface area (Å²) in [5.41, 5.74) is 4.39. The van der Waals surface area contributed by atoms with Crippen molar-refractivity contribution in [3.63, 3.8) is 0 Å². The Morgan fingerprint density at radius 2 is 2.23 bits per heavy atom. The molecule has 4 atom stereocenters. The lowest BCUT2D eigenvalue weighted by molar-refractivity contribution is -0.101. The topological polar surface area (TPSA) is 84.9 Å². The molecule has 0 amide bonds. The molecule has 0 spiro atoms. The molecule has 1 rings (SSSR count). The fourth-order valence-corrected chi connectivity index (χ4v) is 1.75.